The largest absolute Gasteiger partial charge is 0.495 e. The van der Waals surface area contributed by atoms with Gasteiger partial charge in [-0.1, -0.05) is 18.2 Å². The molecule has 0 atom stereocenters. The molecule has 0 spiro atoms. The van der Waals surface area contributed by atoms with Gasteiger partial charge in [-0.25, -0.2) is 8.42 Å². The van der Waals surface area contributed by atoms with Gasteiger partial charge in [0.1, 0.15) is 17.2 Å². The molecule has 1 aliphatic carbocycles. The lowest BCUT2D eigenvalue weighted by molar-refractivity contribution is -0.137. The Bertz CT molecular complexity index is 1170. The minimum Gasteiger partial charge on any atom is -0.495 e. The van der Waals surface area contributed by atoms with Gasteiger partial charge in [0, 0.05) is 6.54 Å². The second-order valence-electron chi connectivity index (χ2n) is 7.34. The monoisotopic (exact) mass is 442 g/mol. The van der Waals surface area contributed by atoms with Crippen molar-refractivity contribution in [1.82, 2.24) is 19.3 Å². The minimum atomic E-state index is -4.11. The standard InChI is InChI=1S/C21H22N4O5S/c1-30-19-12-17(16-4-5-16)6-9-20(19)31(28,29)24(14-21(26)27)13-15-2-7-18(8-3-15)25-22-10-11-23-25/h2-3,6-12,16H,4-5,13-14H2,1H3,(H,26,27). The van der Waals surface area contributed by atoms with E-state index in [9.17, 15) is 18.3 Å². The molecule has 162 valence electrons. The van der Waals surface area contributed by atoms with Gasteiger partial charge in [-0.15, -0.1) is 0 Å². The molecule has 0 amide bonds. The summed E-state index contributed by atoms with van der Waals surface area (Å²) in [6.45, 7) is -0.771. The van der Waals surface area contributed by atoms with Crippen molar-refractivity contribution < 1.29 is 23.1 Å². The molecule has 1 aliphatic rings. The second kappa shape index (κ2) is 8.48. The van der Waals surface area contributed by atoms with Gasteiger partial charge in [-0.3, -0.25) is 4.79 Å². The predicted octanol–water partition coefficient (Wildman–Crippen LogP) is 2.43. The Morgan fingerprint density at radius 2 is 1.84 bits per heavy atom. The van der Waals surface area contributed by atoms with Crippen molar-refractivity contribution >= 4 is 16.0 Å². The average Bonchev–Trinajstić information content (AvgIpc) is 3.47. The van der Waals surface area contributed by atoms with Gasteiger partial charge in [0.05, 0.1) is 25.2 Å². The summed E-state index contributed by atoms with van der Waals surface area (Å²) in [5.74, 6) is -0.585. The van der Waals surface area contributed by atoms with Crippen LogP contribution in [0.5, 0.6) is 5.75 Å². The normalized spacial score (nSPS) is 14.0. The number of sulfonamides is 1. The SMILES string of the molecule is COc1cc(C2CC2)ccc1S(=O)(=O)N(CC(=O)O)Cc1ccc(-n2nccn2)cc1. The molecule has 1 saturated carbocycles. The summed E-state index contributed by atoms with van der Waals surface area (Å²) in [5, 5.41) is 17.4. The van der Waals surface area contributed by atoms with Crippen LogP contribution >= 0.6 is 0 Å². The van der Waals surface area contributed by atoms with Crippen molar-refractivity contribution in [2.75, 3.05) is 13.7 Å². The number of methoxy groups -OCH3 is 1. The lowest BCUT2D eigenvalue weighted by Gasteiger charge is -2.22. The zero-order valence-corrected chi connectivity index (χ0v) is 17.7. The smallest absolute Gasteiger partial charge is 0.318 e. The van der Waals surface area contributed by atoms with Crippen LogP contribution in [0.25, 0.3) is 5.69 Å². The highest BCUT2D eigenvalue weighted by Crippen LogP contribution is 2.42. The molecule has 1 heterocycles. The fourth-order valence-electron chi connectivity index (χ4n) is 3.37. The molecule has 9 nitrogen and oxygen atoms in total. The summed E-state index contributed by atoms with van der Waals surface area (Å²) in [7, 11) is -2.70. The van der Waals surface area contributed by atoms with Gasteiger partial charge in [0.15, 0.2) is 0 Å². The highest BCUT2D eigenvalue weighted by molar-refractivity contribution is 7.89. The molecule has 0 unspecified atom stereocenters. The lowest BCUT2D eigenvalue weighted by Crippen LogP contribution is -2.35. The molecule has 0 bridgehead atoms. The number of aromatic nitrogens is 3. The molecule has 0 radical (unpaired) electrons. The molecular weight excluding hydrogens is 420 g/mol. The molecule has 4 rings (SSSR count). The van der Waals surface area contributed by atoms with E-state index in [1.54, 1.807) is 48.8 Å². The molecular formula is C21H22N4O5S. The molecule has 1 aromatic heterocycles. The van der Waals surface area contributed by atoms with Crippen LogP contribution in [0.2, 0.25) is 0 Å². The Hall–Kier alpha value is -3.24. The van der Waals surface area contributed by atoms with E-state index in [0.717, 1.165) is 22.7 Å². The number of carboxylic acids is 1. The van der Waals surface area contributed by atoms with Crippen LogP contribution in [0.3, 0.4) is 0 Å². The van der Waals surface area contributed by atoms with E-state index in [0.29, 0.717) is 17.2 Å². The number of rotatable bonds is 9. The Balaban J connectivity index is 1.63. The van der Waals surface area contributed by atoms with Crippen LogP contribution in [0.1, 0.15) is 29.9 Å². The van der Waals surface area contributed by atoms with Crippen LogP contribution in [0.4, 0.5) is 0 Å². The average molecular weight is 442 g/mol. The first-order valence-electron chi connectivity index (χ1n) is 9.74. The number of benzene rings is 2. The van der Waals surface area contributed by atoms with E-state index in [-0.39, 0.29) is 17.2 Å². The zero-order chi connectivity index (χ0) is 22.0. The summed E-state index contributed by atoms with van der Waals surface area (Å²) >= 11 is 0. The van der Waals surface area contributed by atoms with Crippen LogP contribution in [0.15, 0.2) is 59.8 Å². The maximum Gasteiger partial charge on any atom is 0.318 e. The van der Waals surface area contributed by atoms with E-state index < -0.39 is 22.5 Å². The Kier molecular flexibility index (Phi) is 5.75. The molecule has 2 aromatic carbocycles. The van der Waals surface area contributed by atoms with Crippen LogP contribution in [-0.4, -0.2) is 52.4 Å². The maximum absolute atomic E-state index is 13.4. The van der Waals surface area contributed by atoms with Crippen molar-refractivity contribution in [2.24, 2.45) is 0 Å². The van der Waals surface area contributed by atoms with Crippen molar-refractivity contribution in [1.29, 1.82) is 0 Å². The molecule has 10 heteroatoms. The van der Waals surface area contributed by atoms with Gasteiger partial charge < -0.3 is 9.84 Å². The molecule has 0 aliphatic heterocycles. The van der Waals surface area contributed by atoms with E-state index >= 15 is 0 Å². The number of carboxylic acid groups (broad SMARTS) is 1. The number of hydrogen-bond donors (Lipinski definition) is 1. The third kappa shape index (κ3) is 4.59. The first-order chi connectivity index (χ1) is 14.9. The maximum atomic E-state index is 13.4. The lowest BCUT2D eigenvalue weighted by atomic mass is 10.1. The summed E-state index contributed by atoms with van der Waals surface area (Å²) < 4.78 is 33.0. The summed E-state index contributed by atoms with van der Waals surface area (Å²) in [6.07, 6.45) is 5.25. The number of carbonyl (C=O) groups is 1. The fourth-order valence-corrected chi connectivity index (χ4v) is 4.89. The van der Waals surface area contributed by atoms with Crippen molar-refractivity contribution in [3.05, 3.63) is 66.0 Å². The van der Waals surface area contributed by atoms with Gasteiger partial charge in [-0.05, 0) is 54.2 Å². The topological polar surface area (TPSA) is 115 Å². The highest BCUT2D eigenvalue weighted by atomic mass is 32.2. The van der Waals surface area contributed by atoms with Crippen molar-refractivity contribution in [3.63, 3.8) is 0 Å². The molecule has 1 fully saturated rings. The summed E-state index contributed by atoms with van der Waals surface area (Å²) in [4.78, 5) is 12.8. The van der Waals surface area contributed by atoms with Gasteiger partial charge in [0.2, 0.25) is 10.0 Å². The number of aliphatic carboxylic acids is 1. The predicted molar refractivity (Wildman–Crippen MR) is 112 cm³/mol. The minimum absolute atomic E-state index is 0.0435. The number of hydrogen-bond acceptors (Lipinski definition) is 6. The van der Waals surface area contributed by atoms with E-state index in [2.05, 4.69) is 10.2 Å². The second-order valence-corrected chi connectivity index (χ2v) is 9.24. The molecule has 3 aromatic rings. The summed E-state index contributed by atoms with van der Waals surface area (Å²) in [6, 6.07) is 11.9. The molecule has 31 heavy (non-hydrogen) atoms. The van der Waals surface area contributed by atoms with E-state index in [4.69, 9.17) is 4.74 Å². The zero-order valence-electron chi connectivity index (χ0n) is 16.9. The number of nitrogens with zero attached hydrogens (tertiary/aromatic N) is 4. The van der Waals surface area contributed by atoms with Gasteiger partial charge >= 0.3 is 5.97 Å². The first-order valence-corrected chi connectivity index (χ1v) is 11.2. The van der Waals surface area contributed by atoms with Crippen molar-refractivity contribution in [2.45, 2.75) is 30.2 Å². The third-order valence-corrected chi connectivity index (χ3v) is 6.94. The van der Waals surface area contributed by atoms with Crippen LogP contribution < -0.4 is 4.74 Å². The number of ether oxygens (including phenoxy) is 1. The van der Waals surface area contributed by atoms with Crippen LogP contribution in [-0.2, 0) is 21.4 Å². The highest BCUT2D eigenvalue weighted by Gasteiger charge is 2.31. The first kappa shape index (κ1) is 21.0. The Morgan fingerprint density at radius 3 is 2.42 bits per heavy atom. The fraction of sp³-hybridized carbons (Fsp3) is 0.286. The van der Waals surface area contributed by atoms with Gasteiger partial charge in [-0.2, -0.15) is 19.3 Å². The molecule has 1 N–H and O–H groups in total. The van der Waals surface area contributed by atoms with E-state index in [1.807, 2.05) is 0 Å². The third-order valence-electron chi connectivity index (χ3n) is 5.11. The van der Waals surface area contributed by atoms with E-state index in [1.165, 1.54) is 18.0 Å². The summed E-state index contributed by atoms with van der Waals surface area (Å²) in [5.41, 5.74) is 2.37. The van der Waals surface area contributed by atoms with Gasteiger partial charge in [0.25, 0.3) is 0 Å². The van der Waals surface area contributed by atoms with Crippen LogP contribution in [0, 0.1) is 0 Å². The Labute approximate surface area is 179 Å². The van der Waals surface area contributed by atoms with Crippen molar-refractivity contribution in [3.8, 4) is 11.4 Å². The Morgan fingerprint density at radius 1 is 1.16 bits per heavy atom. The molecule has 0 saturated heterocycles. The quantitative estimate of drug-likeness (QED) is 0.541.